The maximum Gasteiger partial charge on any atom is 0.472 e. The Morgan fingerprint density at radius 3 is 0.626 bits per heavy atom. The minimum absolute atomic E-state index is 0.105. The van der Waals surface area contributed by atoms with Gasteiger partial charge < -0.3 is 33.8 Å². The van der Waals surface area contributed by atoms with Crippen molar-refractivity contribution < 1.29 is 80.2 Å². The highest BCUT2D eigenvalue weighted by atomic mass is 31.2. The number of ether oxygens (including phenoxy) is 4. The first kappa shape index (κ1) is 97.1. The molecule has 0 bridgehead atoms. The van der Waals surface area contributed by atoms with Crippen LogP contribution in [0.3, 0.4) is 0 Å². The van der Waals surface area contributed by atoms with Crippen LogP contribution in [0.15, 0.2) is 0 Å². The van der Waals surface area contributed by atoms with E-state index in [4.69, 9.17) is 37.0 Å². The molecule has 0 aromatic carbocycles. The van der Waals surface area contributed by atoms with Crippen LogP contribution in [0.1, 0.15) is 409 Å². The van der Waals surface area contributed by atoms with Gasteiger partial charge in [0, 0.05) is 25.7 Å². The van der Waals surface area contributed by atoms with Crippen LogP contribution in [-0.4, -0.2) is 96.7 Å². The van der Waals surface area contributed by atoms with E-state index < -0.39 is 97.5 Å². The first-order valence-electron chi connectivity index (χ1n) is 41.2. The number of rotatable bonds is 77. The molecule has 0 aromatic rings. The maximum atomic E-state index is 13.1. The molecule has 0 aromatic heterocycles. The Hall–Kier alpha value is -1.94. The minimum Gasteiger partial charge on any atom is -0.462 e. The summed E-state index contributed by atoms with van der Waals surface area (Å²) in [5.74, 6) is 0.983. The number of carbonyl (C=O) groups excluding carboxylic acids is 4. The van der Waals surface area contributed by atoms with Crippen LogP contribution in [0, 0.1) is 23.7 Å². The predicted octanol–water partition coefficient (Wildman–Crippen LogP) is 23.6. The number of hydrogen-bond acceptors (Lipinski definition) is 15. The number of hydrogen-bond donors (Lipinski definition) is 3. The van der Waals surface area contributed by atoms with E-state index in [9.17, 15) is 43.2 Å². The second kappa shape index (κ2) is 69.1. The number of phosphoric ester groups is 2. The molecule has 2 unspecified atom stereocenters. The largest absolute Gasteiger partial charge is 0.472 e. The molecular weight excluding hydrogens is 1290 g/mol. The maximum absolute atomic E-state index is 13.1. The molecule has 0 heterocycles. The fourth-order valence-electron chi connectivity index (χ4n) is 12.3. The number of carbonyl (C=O) groups is 4. The zero-order valence-corrected chi connectivity index (χ0v) is 66.9. The van der Waals surface area contributed by atoms with Crippen molar-refractivity contribution in [1.82, 2.24) is 0 Å². The highest BCUT2D eigenvalue weighted by Crippen LogP contribution is 2.45. The number of phosphoric acid groups is 2. The third kappa shape index (κ3) is 74.1. The van der Waals surface area contributed by atoms with Crippen LogP contribution in [0.5, 0.6) is 0 Å². The first-order valence-corrected chi connectivity index (χ1v) is 44.2. The fourth-order valence-corrected chi connectivity index (χ4v) is 13.8. The number of aliphatic hydroxyl groups is 1. The number of esters is 4. The van der Waals surface area contributed by atoms with Crippen molar-refractivity contribution in [1.29, 1.82) is 0 Å². The standard InChI is InChI=1S/C80H156O17P2/c1-70(2)56-48-40-32-24-16-12-9-10-14-19-30-38-46-54-62-79(84)96-75(66-90-77(82)60-52-44-36-28-18-15-11-13-17-25-33-41-49-57-71(3)4)68-94-98(86,87)92-64-74(81)65-93-99(88,89)95-69-76(97-80(85)63-55-47-39-31-23-21-27-35-43-51-59-73(7)8)67-91-78(83)61-53-45-37-29-22-20-26-34-42-50-58-72(5)6/h70-76,81H,9-69H2,1-8H3,(H,86,87)(H,88,89)/t74-,75-,76-/m1/s1. The van der Waals surface area contributed by atoms with Crippen molar-refractivity contribution >= 4 is 39.5 Å². The van der Waals surface area contributed by atoms with Crippen molar-refractivity contribution in [3.63, 3.8) is 0 Å². The van der Waals surface area contributed by atoms with Gasteiger partial charge in [-0.15, -0.1) is 0 Å². The van der Waals surface area contributed by atoms with E-state index in [-0.39, 0.29) is 25.7 Å². The minimum atomic E-state index is -4.96. The Kier molecular flexibility index (Phi) is 67.8. The van der Waals surface area contributed by atoms with E-state index in [2.05, 4.69) is 55.4 Å². The lowest BCUT2D eigenvalue weighted by Crippen LogP contribution is -2.30. The lowest BCUT2D eigenvalue weighted by molar-refractivity contribution is -0.161. The average molecular weight is 1450 g/mol. The summed E-state index contributed by atoms with van der Waals surface area (Å²) in [5, 5.41) is 10.6. The lowest BCUT2D eigenvalue weighted by atomic mass is 10.0. The van der Waals surface area contributed by atoms with Crippen molar-refractivity contribution in [3.05, 3.63) is 0 Å². The Morgan fingerprint density at radius 1 is 0.253 bits per heavy atom. The molecule has 0 radical (unpaired) electrons. The van der Waals surface area contributed by atoms with Gasteiger partial charge in [-0.2, -0.15) is 0 Å². The monoisotopic (exact) mass is 1450 g/mol. The molecule has 0 aliphatic rings. The average Bonchev–Trinajstić information content (AvgIpc) is 0.942. The SMILES string of the molecule is CC(C)CCCCCCCCCCCCCCCCC(=O)O[C@H](COC(=O)CCCCCCCCCCCCCCCC(C)C)COP(=O)(O)OC[C@@H](O)COP(=O)(O)OC[C@@H](COC(=O)CCCCCCCCCCCCC(C)C)OC(=O)CCCCCCCCCCCCC(C)C. The van der Waals surface area contributed by atoms with Crippen LogP contribution >= 0.6 is 15.6 Å². The molecule has 0 saturated carbocycles. The van der Waals surface area contributed by atoms with Crippen molar-refractivity contribution in [2.75, 3.05) is 39.6 Å². The first-order chi connectivity index (χ1) is 47.6. The number of aliphatic hydroxyl groups excluding tert-OH is 1. The van der Waals surface area contributed by atoms with E-state index >= 15 is 0 Å². The van der Waals surface area contributed by atoms with Gasteiger partial charge in [-0.1, -0.05) is 357 Å². The second-order valence-corrected chi connectivity index (χ2v) is 33.6. The summed E-state index contributed by atoms with van der Waals surface area (Å²) in [6.07, 6.45) is 55.4. The molecule has 0 fully saturated rings. The van der Waals surface area contributed by atoms with Gasteiger partial charge >= 0.3 is 39.5 Å². The van der Waals surface area contributed by atoms with Gasteiger partial charge in [-0.3, -0.25) is 37.3 Å². The molecule has 0 spiro atoms. The summed E-state index contributed by atoms with van der Waals surface area (Å²) < 4.78 is 68.7. The zero-order chi connectivity index (χ0) is 73.1. The van der Waals surface area contributed by atoms with E-state index in [0.717, 1.165) is 114 Å². The molecule has 0 amide bonds. The topological polar surface area (TPSA) is 237 Å². The summed E-state index contributed by atoms with van der Waals surface area (Å²) in [7, 11) is -9.92. The molecule has 588 valence electrons. The fraction of sp³-hybridized carbons (Fsp3) is 0.950. The summed E-state index contributed by atoms with van der Waals surface area (Å²) in [5.41, 5.74) is 0. The molecule has 5 atom stereocenters. The molecule has 17 nitrogen and oxygen atoms in total. The van der Waals surface area contributed by atoms with Crippen molar-refractivity contribution in [3.8, 4) is 0 Å². The highest BCUT2D eigenvalue weighted by Gasteiger charge is 2.30. The third-order valence-corrected chi connectivity index (χ3v) is 20.5. The summed E-state index contributed by atoms with van der Waals surface area (Å²) >= 11 is 0. The summed E-state index contributed by atoms with van der Waals surface area (Å²) in [6, 6.07) is 0. The molecule has 0 aliphatic heterocycles. The second-order valence-electron chi connectivity index (χ2n) is 30.7. The van der Waals surface area contributed by atoms with E-state index in [1.165, 1.54) is 212 Å². The van der Waals surface area contributed by atoms with Gasteiger partial charge in [0.25, 0.3) is 0 Å². The van der Waals surface area contributed by atoms with E-state index in [1.54, 1.807) is 0 Å². The third-order valence-electron chi connectivity index (χ3n) is 18.6. The van der Waals surface area contributed by atoms with Gasteiger partial charge in [0.1, 0.15) is 19.3 Å². The Bertz CT molecular complexity index is 1940. The van der Waals surface area contributed by atoms with Gasteiger partial charge in [0.2, 0.25) is 0 Å². The van der Waals surface area contributed by atoms with Gasteiger partial charge in [-0.05, 0) is 49.4 Å². The van der Waals surface area contributed by atoms with E-state index in [0.29, 0.717) is 25.7 Å². The van der Waals surface area contributed by atoms with Crippen LogP contribution < -0.4 is 0 Å². The van der Waals surface area contributed by atoms with Crippen molar-refractivity contribution in [2.45, 2.75) is 427 Å². The predicted molar refractivity (Wildman–Crippen MR) is 404 cm³/mol. The Balaban J connectivity index is 5.27. The molecule has 19 heteroatoms. The summed E-state index contributed by atoms with van der Waals surface area (Å²) in [6.45, 7) is 14.3. The van der Waals surface area contributed by atoms with Crippen LogP contribution in [0.2, 0.25) is 0 Å². The Labute approximate surface area is 607 Å². The van der Waals surface area contributed by atoms with Crippen LogP contribution in [-0.2, 0) is 65.4 Å². The lowest BCUT2D eigenvalue weighted by Gasteiger charge is -2.21. The quantitative estimate of drug-likeness (QED) is 0.0222. The smallest absolute Gasteiger partial charge is 0.462 e. The zero-order valence-electron chi connectivity index (χ0n) is 65.1. The molecular formula is C80H156O17P2. The molecule has 3 N–H and O–H groups in total. The van der Waals surface area contributed by atoms with Crippen LogP contribution in [0.25, 0.3) is 0 Å². The summed E-state index contributed by atoms with van der Waals surface area (Å²) in [4.78, 5) is 73.0. The van der Waals surface area contributed by atoms with Crippen LogP contribution in [0.4, 0.5) is 0 Å². The Morgan fingerprint density at radius 2 is 0.424 bits per heavy atom. The van der Waals surface area contributed by atoms with Crippen molar-refractivity contribution in [2.24, 2.45) is 23.7 Å². The highest BCUT2D eigenvalue weighted by molar-refractivity contribution is 7.47. The molecule has 99 heavy (non-hydrogen) atoms. The van der Waals surface area contributed by atoms with Gasteiger partial charge in [-0.25, -0.2) is 9.13 Å². The molecule has 0 rings (SSSR count). The molecule has 0 saturated heterocycles. The van der Waals surface area contributed by atoms with Gasteiger partial charge in [0.05, 0.1) is 26.4 Å². The molecule has 0 aliphatic carbocycles. The van der Waals surface area contributed by atoms with Gasteiger partial charge in [0.15, 0.2) is 12.2 Å². The number of unbranched alkanes of at least 4 members (excludes halogenated alkanes) is 43. The normalized spacial score (nSPS) is 14.1. The van der Waals surface area contributed by atoms with E-state index in [1.807, 2.05) is 0 Å².